The summed E-state index contributed by atoms with van der Waals surface area (Å²) in [5.74, 6) is -0.148. The van der Waals surface area contributed by atoms with Crippen molar-refractivity contribution in [3.8, 4) is 5.75 Å². The Morgan fingerprint density at radius 3 is 2.95 bits per heavy atom. The van der Waals surface area contributed by atoms with Crippen molar-refractivity contribution < 1.29 is 14.7 Å². The molecule has 20 heavy (non-hydrogen) atoms. The van der Waals surface area contributed by atoms with Gasteiger partial charge in [-0.15, -0.1) is 0 Å². The number of hydrogen-bond acceptors (Lipinski definition) is 4. The van der Waals surface area contributed by atoms with E-state index < -0.39 is 0 Å². The Bertz CT molecular complexity index is 540. The van der Waals surface area contributed by atoms with Crippen molar-refractivity contribution in [3.63, 3.8) is 0 Å². The van der Waals surface area contributed by atoms with Crippen LogP contribution in [0, 0.1) is 0 Å². The highest BCUT2D eigenvalue weighted by atomic mass is 16.3. The molecule has 1 aromatic rings. The molecule has 0 saturated heterocycles. The maximum atomic E-state index is 11.7. The summed E-state index contributed by atoms with van der Waals surface area (Å²) in [7, 11) is 0. The van der Waals surface area contributed by atoms with Crippen LogP contribution < -0.4 is 10.7 Å². The molecule has 1 heterocycles. The number of carbonyl (C=O) groups excluding carboxylic acids is 2. The largest absolute Gasteiger partial charge is 0.508 e. The summed E-state index contributed by atoms with van der Waals surface area (Å²) >= 11 is 0. The average molecular weight is 275 g/mol. The summed E-state index contributed by atoms with van der Waals surface area (Å²) < 4.78 is 0. The van der Waals surface area contributed by atoms with Gasteiger partial charge in [-0.25, -0.2) is 5.43 Å². The van der Waals surface area contributed by atoms with Crippen LogP contribution in [0.1, 0.15) is 24.8 Å². The van der Waals surface area contributed by atoms with E-state index in [9.17, 15) is 14.7 Å². The second kappa shape index (κ2) is 6.70. The molecule has 0 radical (unpaired) electrons. The van der Waals surface area contributed by atoms with Crippen LogP contribution >= 0.6 is 0 Å². The minimum Gasteiger partial charge on any atom is -0.508 e. The Labute approximate surface area is 116 Å². The summed E-state index contributed by atoms with van der Waals surface area (Å²) in [6.45, 7) is 0.529. The van der Waals surface area contributed by atoms with Gasteiger partial charge in [-0.05, 0) is 30.5 Å². The van der Waals surface area contributed by atoms with Crippen molar-refractivity contribution in [2.45, 2.75) is 25.7 Å². The fourth-order valence-electron chi connectivity index (χ4n) is 1.95. The summed E-state index contributed by atoms with van der Waals surface area (Å²) in [6.07, 6.45) is 2.23. The Morgan fingerprint density at radius 2 is 2.25 bits per heavy atom. The van der Waals surface area contributed by atoms with Crippen LogP contribution in [-0.4, -0.2) is 29.2 Å². The number of phenols is 1. The number of phenolic OH excluding ortho intramolecular Hbond substituents is 1. The molecule has 106 valence electrons. The smallest absolute Gasteiger partial charge is 0.267 e. The quantitative estimate of drug-likeness (QED) is 0.691. The van der Waals surface area contributed by atoms with Gasteiger partial charge in [-0.1, -0.05) is 12.1 Å². The molecule has 0 unspecified atom stereocenters. The third-order valence-corrected chi connectivity index (χ3v) is 3.00. The van der Waals surface area contributed by atoms with Crippen LogP contribution in [0.25, 0.3) is 0 Å². The number of nitrogens with zero attached hydrogens (tertiary/aromatic N) is 1. The van der Waals surface area contributed by atoms with Gasteiger partial charge in [0.15, 0.2) is 0 Å². The lowest BCUT2D eigenvalue weighted by Crippen LogP contribution is -2.37. The molecule has 0 aliphatic carbocycles. The first kappa shape index (κ1) is 14.0. The molecule has 0 aromatic heterocycles. The number of carbonyl (C=O) groups is 2. The molecule has 1 aliphatic rings. The lowest BCUT2D eigenvalue weighted by Gasteiger charge is -2.11. The van der Waals surface area contributed by atoms with Crippen molar-refractivity contribution in [1.82, 2.24) is 10.7 Å². The highest BCUT2D eigenvalue weighted by Crippen LogP contribution is 2.12. The molecular formula is C14H17N3O3. The molecule has 0 saturated carbocycles. The third-order valence-electron chi connectivity index (χ3n) is 3.00. The zero-order valence-corrected chi connectivity index (χ0v) is 11.1. The number of aromatic hydroxyl groups is 1. The third kappa shape index (κ3) is 4.08. The molecule has 0 atom stereocenters. The number of hydrazone groups is 1. The van der Waals surface area contributed by atoms with E-state index in [1.807, 2.05) is 6.07 Å². The topological polar surface area (TPSA) is 90.8 Å². The van der Waals surface area contributed by atoms with E-state index in [1.165, 1.54) is 0 Å². The maximum absolute atomic E-state index is 11.7. The Morgan fingerprint density at radius 1 is 1.40 bits per heavy atom. The second-order valence-corrected chi connectivity index (χ2v) is 4.62. The molecule has 6 heteroatoms. The van der Waals surface area contributed by atoms with Crippen LogP contribution in [0.3, 0.4) is 0 Å². The zero-order chi connectivity index (χ0) is 14.4. The van der Waals surface area contributed by atoms with E-state index >= 15 is 0 Å². The molecule has 0 bridgehead atoms. The van der Waals surface area contributed by atoms with Gasteiger partial charge in [0.2, 0.25) is 5.91 Å². The summed E-state index contributed by atoms with van der Waals surface area (Å²) in [5.41, 5.74) is 3.69. The van der Waals surface area contributed by atoms with E-state index in [0.717, 1.165) is 18.4 Å². The summed E-state index contributed by atoms with van der Waals surface area (Å²) in [6, 6.07) is 7.06. The van der Waals surface area contributed by atoms with Gasteiger partial charge >= 0.3 is 0 Å². The van der Waals surface area contributed by atoms with E-state index in [-0.39, 0.29) is 17.6 Å². The van der Waals surface area contributed by atoms with Crippen molar-refractivity contribution in [1.29, 1.82) is 0 Å². The molecule has 3 N–H and O–H groups in total. The molecule has 0 fully saturated rings. The van der Waals surface area contributed by atoms with E-state index in [4.69, 9.17) is 0 Å². The molecule has 2 amide bonds. The monoisotopic (exact) mass is 275 g/mol. The van der Waals surface area contributed by atoms with Crippen LogP contribution in [0.4, 0.5) is 0 Å². The van der Waals surface area contributed by atoms with E-state index in [2.05, 4.69) is 15.8 Å². The fraction of sp³-hybridized carbons (Fsp3) is 0.357. The molecule has 0 spiro atoms. The van der Waals surface area contributed by atoms with E-state index in [0.29, 0.717) is 25.1 Å². The van der Waals surface area contributed by atoms with Crippen LogP contribution in [0.2, 0.25) is 0 Å². The van der Waals surface area contributed by atoms with Crippen molar-refractivity contribution in [2.75, 3.05) is 6.54 Å². The molecule has 1 aliphatic heterocycles. The predicted molar refractivity (Wildman–Crippen MR) is 74.2 cm³/mol. The first-order chi connectivity index (χ1) is 9.65. The maximum Gasteiger partial charge on any atom is 0.267 e. The normalized spacial score (nSPS) is 14.4. The number of benzene rings is 1. The Hall–Kier alpha value is -2.37. The minimum absolute atomic E-state index is 0.162. The lowest BCUT2D eigenvalue weighted by atomic mass is 10.1. The van der Waals surface area contributed by atoms with Crippen LogP contribution in [-0.2, 0) is 16.0 Å². The number of nitrogens with one attached hydrogen (secondary N) is 2. The van der Waals surface area contributed by atoms with Gasteiger partial charge in [0, 0.05) is 19.4 Å². The number of amides is 2. The molecule has 6 nitrogen and oxygen atoms in total. The average Bonchev–Trinajstić information content (AvgIpc) is 2.44. The van der Waals surface area contributed by atoms with Gasteiger partial charge in [-0.2, -0.15) is 5.10 Å². The number of aryl methyl sites for hydroxylation is 1. The van der Waals surface area contributed by atoms with Crippen molar-refractivity contribution in [2.24, 2.45) is 5.10 Å². The van der Waals surface area contributed by atoms with Gasteiger partial charge in [-0.3, -0.25) is 9.59 Å². The standard InChI is InChI=1S/C14H17N3O3/c18-11-5-1-3-10(9-11)4-2-8-15-14(20)12-6-7-13(19)17-16-12/h1,3,5,9,18H,2,4,6-8H2,(H,15,20)(H,17,19). The van der Waals surface area contributed by atoms with Crippen LogP contribution in [0.5, 0.6) is 5.75 Å². The SMILES string of the molecule is O=C1CCC(C(=O)NCCCc2cccc(O)c2)=NN1. The summed E-state index contributed by atoms with van der Waals surface area (Å²) in [5, 5.41) is 15.8. The number of hydrogen-bond donors (Lipinski definition) is 3. The van der Waals surface area contributed by atoms with Crippen LogP contribution in [0.15, 0.2) is 29.4 Å². The first-order valence-corrected chi connectivity index (χ1v) is 6.56. The van der Waals surface area contributed by atoms with Crippen molar-refractivity contribution >= 4 is 17.5 Å². The predicted octanol–water partition coefficient (Wildman–Crippen LogP) is 0.707. The van der Waals surface area contributed by atoms with Crippen molar-refractivity contribution in [3.05, 3.63) is 29.8 Å². The zero-order valence-electron chi connectivity index (χ0n) is 11.1. The summed E-state index contributed by atoms with van der Waals surface area (Å²) in [4.78, 5) is 22.6. The number of rotatable bonds is 5. The fourth-order valence-corrected chi connectivity index (χ4v) is 1.95. The van der Waals surface area contributed by atoms with Gasteiger partial charge < -0.3 is 10.4 Å². The van der Waals surface area contributed by atoms with E-state index in [1.54, 1.807) is 18.2 Å². The lowest BCUT2D eigenvalue weighted by molar-refractivity contribution is -0.121. The Kier molecular flexibility index (Phi) is 4.70. The van der Waals surface area contributed by atoms with Gasteiger partial charge in [0.05, 0.1) is 0 Å². The highest BCUT2D eigenvalue weighted by molar-refractivity contribution is 6.39. The second-order valence-electron chi connectivity index (χ2n) is 4.62. The molecule has 2 rings (SSSR count). The minimum atomic E-state index is -0.235. The van der Waals surface area contributed by atoms with Gasteiger partial charge in [0.25, 0.3) is 5.91 Å². The highest BCUT2D eigenvalue weighted by Gasteiger charge is 2.17. The first-order valence-electron chi connectivity index (χ1n) is 6.56. The molecular weight excluding hydrogens is 258 g/mol. The molecule has 1 aromatic carbocycles. The van der Waals surface area contributed by atoms with Gasteiger partial charge in [0.1, 0.15) is 11.5 Å². The Balaban J connectivity index is 1.71.